The van der Waals surface area contributed by atoms with Crippen molar-refractivity contribution in [2.75, 3.05) is 13.7 Å². The van der Waals surface area contributed by atoms with Gasteiger partial charge in [0.05, 0.1) is 18.5 Å². The van der Waals surface area contributed by atoms with Crippen LogP contribution < -0.4 is 0 Å². The van der Waals surface area contributed by atoms with E-state index >= 15 is 0 Å². The average molecular weight is 300 g/mol. The molecule has 22 heavy (non-hydrogen) atoms. The largest absolute Gasteiger partial charge is 0.284 e. The van der Waals surface area contributed by atoms with Crippen LogP contribution in [0, 0.1) is 18.8 Å². The van der Waals surface area contributed by atoms with Gasteiger partial charge in [0.15, 0.2) is 0 Å². The summed E-state index contributed by atoms with van der Waals surface area (Å²) in [6.45, 7) is 3.24. The molecule has 1 aliphatic carbocycles. The molecule has 0 unspecified atom stereocenters. The van der Waals surface area contributed by atoms with Gasteiger partial charge in [-0.3, -0.25) is 19.4 Å². The lowest BCUT2D eigenvalue weighted by atomic mass is 9.81. The normalized spacial score (nSPS) is 25.0. The van der Waals surface area contributed by atoms with Crippen LogP contribution in [0.3, 0.4) is 0 Å². The van der Waals surface area contributed by atoms with Gasteiger partial charge in [-0.1, -0.05) is 37.1 Å². The van der Waals surface area contributed by atoms with Crippen molar-refractivity contribution >= 4 is 11.8 Å². The van der Waals surface area contributed by atoms with E-state index < -0.39 is 0 Å². The van der Waals surface area contributed by atoms with Gasteiger partial charge in [-0.2, -0.15) is 0 Å². The molecule has 2 amide bonds. The van der Waals surface area contributed by atoms with Gasteiger partial charge in [0, 0.05) is 6.54 Å². The summed E-state index contributed by atoms with van der Waals surface area (Å²) in [5, 5.41) is 0. The Labute approximate surface area is 132 Å². The Morgan fingerprint density at radius 3 is 2.27 bits per heavy atom. The van der Waals surface area contributed by atoms with Crippen LogP contribution in [0.1, 0.15) is 36.8 Å². The molecular formula is C18H24N2O2. The second-order valence-electron chi connectivity index (χ2n) is 6.68. The highest BCUT2D eigenvalue weighted by atomic mass is 16.2. The van der Waals surface area contributed by atoms with E-state index in [0.29, 0.717) is 6.67 Å². The Kier molecular flexibility index (Phi) is 4.30. The minimum Gasteiger partial charge on any atom is -0.284 e. The second-order valence-corrected chi connectivity index (χ2v) is 6.68. The van der Waals surface area contributed by atoms with E-state index in [1.54, 1.807) is 0 Å². The number of aryl methyl sites for hydroxylation is 1. The lowest BCUT2D eigenvalue weighted by molar-refractivity contribution is -0.142. The van der Waals surface area contributed by atoms with E-state index in [-0.39, 0.29) is 23.7 Å². The monoisotopic (exact) mass is 300 g/mol. The highest BCUT2D eigenvalue weighted by molar-refractivity contribution is 6.05. The van der Waals surface area contributed by atoms with E-state index in [1.807, 2.05) is 19.2 Å². The van der Waals surface area contributed by atoms with E-state index in [0.717, 1.165) is 32.2 Å². The molecule has 4 heteroatoms. The maximum atomic E-state index is 12.5. The summed E-state index contributed by atoms with van der Waals surface area (Å²) in [5.41, 5.74) is 2.48. The molecule has 1 heterocycles. The van der Waals surface area contributed by atoms with Gasteiger partial charge >= 0.3 is 0 Å². The number of likely N-dealkylation sites (tertiary alicyclic amines) is 1. The Morgan fingerprint density at radius 1 is 1.09 bits per heavy atom. The van der Waals surface area contributed by atoms with Crippen LogP contribution in [0.2, 0.25) is 0 Å². The maximum absolute atomic E-state index is 12.5. The number of hydrogen-bond donors (Lipinski definition) is 0. The smallest absolute Gasteiger partial charge is 0.234 e. The van der Waals surface area contributed by atoms with Crippen LogP contribution in [-0.4, -0.2) is 35.3 Å². The van der Waals surface area contributed by atoms with Crippen LogP contribution in [-0.2, 0) is 16.1 Å². The number of carbonyl (C=O) groups excluding carboxylic acids is 2. The Bertz CT molecular complexity index is 560. The molecule has 0 N–H and O–H groups in total. The Balaban J connectivity index is 1.66. The van der Waals surface area contributed by atoms with Gasteiger partial charge in [0.25, 0.3) is 0 Å². The predicted molar refractivity (Wildman–Crippen MR) is 84.8 cm³/mol. The summed E-state index contributed by atoms with van der Waals surface area (Å²) in [4.78, 5) is 28.5. The number of hydrogen-bond acceptors (Lipinski definition) is 3. The lowest BCUT2D eigenvalue weighted by Gasteiger charge is -2.24. The number of nitrogens with zero attached hydrogens (tertiary/aromatic N) is 2. The Morgan fingerprint density at radius 2 is 1.68 bits per heavy atom. The molecule has 3 rings (SSSR count). The summed E-state index contributed by atoms with van der Waals surface area (Å²) < 4.78 is 0. The molecule has 1 aromatic rings. The molecular weight excluding hydrogens is 276 g/mol. The molecule has 1 aliphatic heterocycles. The highest BCUT2D eigenvalue weighted by Crippen LogP contribution is 2.37. The molecule has 0 spiro atoms. The van der Waals surface area contributed by atoms with Crippen molar-refractivity contribution in [3.63, 3.8) is 0 Å². The summed E-state index contributed by atoms with van der Waals surface area (Å²) in [6, 6.07) is 8.23. The number of benzene rings is 1. The van der Waals surface area contributed by atoms with E-state index in [4.69, 9.17) is 0 Å². The summed E-state index contributed by atoms with van der Waals surface area (Å²) in [5.74, 6) is -0.00103. The summed E-state index contributed by atoms with van der Waals surface area (Å²) in [6.07, 6.45) is 3.92. The molecule has 2 fully saturated rings. The molecule has 1 saturated heterocycles. The SMILES string of the molecule is Cc1ccccc1CN(C)CN1C(=O)[C@H]2CCCC[C@@H]2C1=O. The third-order valence-corrected chi connectivity index (χ3v) is 5.02. The number of imide groups is 1. The number of rotatable bonds is 4. The fraction of sp³-hybridized carbons (Fsp3) is 0.556. The van der Waals surface area contributed by atoms with E-state index in [2.05, 4.69) is 24.0 Å². The van der Waals surface area contributed by atoms with E-state index in [9.17, 15) is 9.59 Å². The topological polar surface area (TPSA) is 40.6 Å². The third kappa shape index (κ3) is 2.80. The minimum absolute atomic E-state index is 0.0475. The summed E-state index contributed by atoms with van der Waals surface area (Å²) >= 11 is 0. The fourth-order valence-electron chi connectivity index (χ4n) is 3.74. The third-order valence-electron chi connectivity index (χ3n) is 5.02. The lowest BCUT2D eigenvalue weighted by Crippen LogP contribution is -2.40. The van der Waals surface area contributed by atoms with Crippen molar-refractivity contribution in [3.05, 3.63) is 35.4 Å². The van der Waals surface area contributed by atoms with Crippen LogP contribution in [0.25, 0.3) is 0 Å². The molecule has 4 nitrogen and oxygen atoms in total. The number of amides is 2. The first-order valence-corrected chi connectivity index (χ1v) is 8.16. The minimum atomic E-state index is -0.0480. The summed E-state index contributed by atoms with van der Waals surface area (Å²) in [7, 11) is 1.97. The Hall–Kier alpha value is -1.68. The standard InChI is InChI=1S/C18H24N2O2/c1-13-7-3-4-8-14(13)11-19(2)12-20-17(21)15-9-5-6-10-16(15)18(20)22/h3-4,7-8,15-16H,5-6,9-12H2,1-2H3/t15-,16-/m0/s1. The molecule has 1 saturated carbocycles. The van der Waals surface area contributed by atoms with Crippen LogP contribution in [0.15, 0.2) is 24.3 Å². The van der Waals surface area contributed by atoms with Crippen LogP contribution in [0.5, 0.6) is 0 Å². The maximum Gasteiger partial charge on any atom is 0.234 e. The van der Waals surface area contributed by atoms with Crippen LogP contribution >= 0.6 is 0 Å². The van der Waals surface area contributed by atoms with Gasteiger partial charge in [-0.15, -0.1) is 0 Å². The highest BCUT2D eigenvalue weighted by Gasteiger charge is 2.48. The second kappa shape index (κ2) is 6.21. The van der Waals surface area contributed by atoms with Crippen molar-refractivity contribution < 1.29 is 9.59 Å². The average Bonchev–Trinajstić information content (AvgIpc) is 2.75. The first-order valence-electron chi connectivity index (χ1n) is 8.16. The molecule has 118 valence electrons. The van der Waals surface area contributed by atoms with Crippen LogP contribution in [0.4, 0.5) is 0 Å². The number of carbonyl (C=O) groups is 2. The predicted octanol–water partition coefficient (Wildman–Crippen LogP) is 2.56. The zero-order valence-corrected chi connectivity index (χ0v) is 13.4. The molecule has 0 radical (unpaired) electrons. The quantitative estimate of drug-likeness (QED) is 0.802. The fourth-order valence-corrected chi connectivity index (χ4v) is 3.74. The molecule has 1 aromatic carbocycles. The van der Waals surface area contributed by atoms with E-state index in [1.165, 1.54) is 16.0 Å². The first kappa shape index (κ1) is 15.2. The van der Waals surface area contributed by atoms with Crippen molar-refractivity contribution in [1.82, 2.24) is 9.80 Å². The molecule has 2 aliphatic rings. The van der Waals surface area contributed by atoms with Gasteiger partial charge in [0.2, 0.25) is 11.8 Å². The first-order chi connectivity index (χ1) is 10.6. The van der Waals surface area contributed by atoms with Gasteiger partial charge < -0.3 is 0 Å². The number of fused-ring (bicyclic) bond motifs is 1. The van der Waals surface area contributed by atoms with Gasteiger partial charge in [0.1, 0.15) is 0 Å². The van der Waals surface area contributed by atoms with Gasteiger partial charge in [-0.05, 0) is 37.9 Å². The molecule has 0 aromatic heterocycles. The molecule has 0 bridgehead atoms. The van der Waals surface area contributed by atoms with Gasteiger partial charge in [-0.25, -0.2) is 0 Å². The van der Waals surface area contributed by atoms with Crippen molar-refractivity contribution in [2.45, 2.75) is 39.2 Å². The van der Waals surface area contributed by atoms with Crippen molar-refractivity contribution in [2.24, 2.45) is 11.8 Å². The zero-order chi connectivity index (χ0) is 15.7. The van der Waals surface area contributed by atoms with Crippen molar-refractivity contribution in [3.8, 4) is 0 Å². The molecule has 2 atom stereocenters. The zero-order valence-electron chi connectivity index (χ0n) is 13.4. The van der Waals surface area contributed by atoms with Crippen molar-refractivity contribution in [1.29, 1.82) is 0 Å².